The first-order chi connectivity index (χ1) is 13.0. The van der Waals surface area contributed by atoms with E-state index in [0.29, 0.717) is 16.9 Å². The molecule has 3 nitrogen and oxygen atoms in total. The van der Waals surface area contributed by atoms with Crippen LogP contribution in [0.3, 0.4) is 0 Å². The summed E-state index contributed by atoms with van der Waals surface area (Å²) in [5, 5.41) is 14.0. The summed E-state index contributed by atoms with van der Waals surface area (Å²) in [6.07, 6.45) is 13.9. The van der Waals surface area contributed by atoms with E-state index in [1.807, 2.05) is 6.07 Å². The Morgan fingerprint density at radius 3 is 2.85 bits per heavy atom. The van der Waals surface area contributed by atoms with Gasteiger partial charge in [-0.05, 0) is 92.1 Å². The van der Waals surface area contributed by atoms with Crippen LogP contribution < -0.4 is 5.32 Å². The number of fused-ring (bicyclic) bond motifs is 5. The molecule has 1 aromatic rings. The van der Waals surface area contributed by atoms with Crippen LogP contribution in [0.1, 0.15) is 71.0 Å². The topological polar surface area (TPSA) is 45.4 Å². The van der Waals surface area contributed by atoms with Crippen molar-refractivity contribution < 1.29 is 9.52 Å². The minimum Gasteiger partial charge on any atom is -0.468 e. The molecule has 7 atom stereocenters. The zero-order valence-corrected chi connectivity index (χ0v) is 16.9. The van der Waals surface area contributed by atoms with Crippen LogP contribution in [0.15, 0.2) is 34.5 Å². The summed E-state index contributed by atoms with van der Waals surface area (Å²) in [6.45, 7) is 5.94. The standard InChI is InChI=1S/C24H35NO2/c1-23-11-9-17(26)14-16(23)5-6-19-20-7-8-22(24(20,2)12-10-21(19)23)25-15-18-4-3-13-27-18/h3-5,13,17,19-22,25-26H,6-12,14-15H2,1-2H3/t17-,19-,20-,21-,22-,23-,24-/m0/s1. The summed E-state index contributed by atoms with van der Waals surface area (Å²) in [7, 11) is 0. The molecule has 0 spiro atoms. The molecular weight excluding hydrogens is 334 g/mol. The molecule has 0 saturated heterocycles. The van der Waals surface area contributed by atoms with Gasteiger partial charge in [0.1, 0.15) is 5.76 Å². The van der Waals surface area contributed by atoms with Gasteiger partial charge in [0, 0.05) is 6.04 Å². The van der Waals surface area contributed by atoms with E-state index in [-0.39, 0.29) is 6.10 Å². The molecule has 1 heterocycles. The number of hydrogen-bond donors (Lipinski definition) is 2. The molecule has 3 saturated carbocycles. The monoisotopic (exact) mass is 369 g/mol. The Kier molecular flexibility index (Phi) is 4.32. The van der Waals surface area contributed by atoms with Crippen molar-refractivity contribution in [2.24, 2.45) is 28.6 Å². The van der Waals surface area contributed by atoms with Crippen molar-refractivity contribution in [3.63, 3.8) is 0 Å². The zero-order valence-electron chi connectivity index (χ0n) is 16.9. The molecule has 1 aromatic heterocycles. The van der Waals surface area contributed by atoms with E-state index < -0.39 is 0 Å². The molecule has 4 aliphatic carbocycles. The number of aliphatic hydroxyl groups is 1. The highest BCUT2D eigenvalue weighted by molar-refractivity contribution is 5.25. The van der Waals surface area contributed by atoms with Gasteiger partial charge in [0.25, 0.3) is 0 Å². The van der Waals surface area contributed by atoms with E-state index in [4.69, 9.17) is 4.42 Å². The van der Waals surface area contributed by atoms with Crippen LogP contribution in [0.25, 0.3) is 0 Å². The lowest BCUT2D eigenvalue weighted by molar-refractivity contribution is -0.0436. The Morgan fingerprint density at radius 2 is 2.04 bits per heavy atom. The molecule has 3 heteroatoms. The van der Waals surface area contributed by atoms with Crippen molar-refractivity contribution in [2.75, 3.05) is 0 Å². The number of allylic oxidation sites excluding steroid dienone is 1. The second-order valence-corrected chi connectivity index (χ2v) is 10.3. The molecule has 27 heavy (non-hydrogen) atoms. The van der Waals surface area contributed by atoms with Crippen LogP contribution in [0.2, 0.25) is 0 Å². The Morgan fingerprint density at radius 1 is 1.15 bits per heavy atom. The van der Waals surface area contributed by atoms with E-state index in [2.05, 4.69) is 31.3 Å². The average Bonchev–Trinajstić information content (AvgIpc) is 3.28. The van der Waals surface area contributed by atoms with Crippen molar-refractivity contribution in [3.05, 3.63) is 35.8 Å². The molecule has 0 unspecified atom stereocenters. The maximum absolute atomic E-state index is 10.2. The molecule has 148 valence electrons. The van der Waals surface area contributed by atoms with Gasteiger partial charge in [-0.1, -0.05) is 25.5 Å². The van der Waals surface area contributed by atoms with Crippen LogP contribution in [0, 0.1) is 28.6 Å². The Bertz CT molecular complexity index is 710. The highest BCUT2D eigenvalue weighted by Gasteiger charge is 2.58. The quantitative estimate of drug-likeness (QED) is 0.732. The Hall–Kier alpha value is -1.06. The summed E-state index contributed by atoms with van der Waals surface area (Å²) in [6, 6.07) is 4.67. The molecule has 2 N–H and O–H groups in total. The Balaban J connectivity index is 1.35. The lowest BCUT2D eigenvalue weighted by atomic mass is 9.48. The third kappa shape index (κ3) is 2.76. The van der Waals surface area contributed by atoms with Crippen molar-refractivity contribution >= 4 is 0 Å². The molecule has 0 radical (unpaired) electrons. The molecule has 0 bridgehead atoms. The predicted octanol–water partition coefficient (Wildman–Crippen LogP) is 5.06. The van der Waals surface area contributed by atoms with Crippen LogP contribution in [0.5, 0.6) is 0 Å². The number of hydrogen-bond acceptors (Lipinski definition) is 3. The maximum Gasteiger partial charge on any atom is 0.117 e. The second kappa shape index (κ2) is 6.49. The number of furan rings is 1. The molecule has 0 aliphatic heterocycles. The van der Waals surface area contributed by atoms with Crippen molar-refractivity contribution in [3.8, 4) is 0 Å². The van der Waals surface area contributed by atoms with Gasteiger partial charge in [0.15, 0.2) is 0 Å². The van der Waals surface area contributed by atoms with Crippen LogP contribution >= 0.6 is 0 Å². The highest BCUT2D eigenvalue weighted by atomic mass is 16.3. The van der Waals surface area contributed by atoms with Gasteiger partial charge in [0.05, 0.1) is 18.9 Å². The van der Waals surface area contributed by atoms with Gasteiger partial charge in [0.2, 0.25) is 0 Å². The predicted molar refractivity (Wildman–Crippen MR) is 107 cm³/mol. The first-order valence-corrected chi connectivity index (χ1v) is 11.1. The van der Waals surface area contributed by atoms with E-state index in [9.17, 15) is 5.11 Å². The number of rotatable bonds is 3. The first-order valence-electron chi connectivity index (χ1n) is 11.1. The molecule has 0 aromatic carbocycles. The lowest BCUT2D eigenvalue weighted by Crippen LogP contribution is -2.53. The van der Waals surface area contributed by atoms with Gasteiger partial charge < -0.3 is 14.8 Å². The molecular formula is C24H35NO2. The second-order valence-electron chi connectivity index (χ2n) is 10.3. The highest BCUT2D eigenvalue weighted by Crippen LogP contribution is 2.64. The Labute approximate surface area is 163 Å². The van der Waals surface area contributed by atoms with Gasteiger partial charge in [-0.3, -0.25) is 0 Å². The van der Waals surface area contributed by atoms with Gasteiger partial charge in [-0.15, -0.1) is 0 Å². The van der Waals surface area contributed by atoms with Crippen molar-refractivity contribution in [1.82, 2.24) is 5.32 Å². The first kappa shape index (κ1) is 18.0. The minimum atomic E-state index is -0.101. The minimum absolute atomic E-state index is 0.101. The van der Waals surface area contributed by atoms with Crippen LogP contribution in [0.4, 0.5) is 0 Å². The van der Waals surface area contributed by atoms with E-state index in [1.54, 1.807) is 11.8 Å². The molecule has 3 fully saturated rings. The van der Waals surface area contributed by atoms with Crippen LogP contribution in [-0.4, -0.2) is 17.3 Å². The fourth-order valence-corrected chi connectivity index (χ4v) is 7.61. The van der Waals surface area contributed by atoms with Gasteiger partial charge in [-0.25, -0.2) is 0 Å². The lowest BCUT2D eigenvalue weighted by Gasteiger charge is -2.58. The van der Waals surface area contributed by atoms with Gasteiger partial charge >= 0.3 is 0 Å². The summed E-state index contributed by atoms with van der Waals surface area (Å²) >= 11 is 0. The largest absolute Gasteiger partial charge is 0.468 e. The third-order valence-electron chi connectivity index (χ3n) is 9.18. The maximum atomic E-state index is 10.2. The summed E-state index contributed by atoms with van der Waals surface area (Å²) in [5.41, 5.74) is 2.35. The van der Waals surface area contributed by atoms with E-state index in [1.165, 1.54) is 38.5 Å². The van der Waals surface area contributed by atoms with Crippen molar-refractivity contribution in [1.29, 1.82) is 0 Å². The third-order valence-corrected chi connectivity index (χ3v) is 9.18. The summed E-state index contributed by atoms with van der Waals surface area (Å²) in [5.74, 6) is 3.55. The number of nitrogens with one attached hydrogen (secondary N) is 1. The normalized spacial score (nSPS) is 46.3. The molecule has 5 rings (SSSR count). The van der Waals surface area contributed by atoms with Crippen LogP contribution in [-0.2, 0) is 6.54 Å². The molecule has 0 amide bonds. The summed E-state index contributed by atoms with van der Waals surface area (Å²) < 4.78 is 5.54. The van der Waals surface area contributed by atoms with Crippen molar-refractivity contribution in [2.45, 2.75) is 83.9 Å². The van der Waals surface area contributed by atoms with E-state index >= 15 is 0 Å². The smallest absolute Gasteiger partial charge is 0.117 e. The zero-order chi connectivity index (χ0) is 18.6. The fraction of sp³-hybridized carbons (Fsp3) is 0.750. The van der Waals surface area contributed by atoms with Gasteiger partial charge in [-0.2, -0.15) is 0 Å². The fourth-order valence-electron chi connectivity index (χ4n) is 7.61. The summed E-state index contributed by atoms with van der Waals surface area (Å²) in [4.78, 5) is 0. The molecule has 4 aliphatic rings. The SMILES string of the molecule is C[C@]12CC[C@H]3[C@@H](CC=C4C[C@@H](O)CC[C@@]43C)[C@@H]1CC[C@@H]2NCc1ccco1. The number of aliphatic hydroxyl groups excluding tert-OH is 1. The van der Waals surface area contributed by atoms with E-state index in [0.717, 1.165) is 42.9 Å². The average molecular weight is 370 g/mol.